The molecule has 1 amide bonds. The molecule has 24 heavy (non-hydrogen) atoms. The van der Waals surface area contributed by atoms with E-state index in [1.54, 1.807) is 14.2 Å². The van der Waals surface area contributed by atoms with Crippen LogP contribution in [0.15, 0.2) is 16.6 Å². The Labute approximate surface area is 158 Å². The highest BCUT2D eigenvalue weighted by atomic mass is 79.9. The minimum Gasteiger partial charge on any atom is -0.493 e. The van der Waals surface area contributed by atoms with E-state index in [1.165, 1.54) is 0 Å². The monoisotopic (exact) mass is 420 g/mol. The van der Waals surface area contributed by atoms with Crippen LogP contribution in [0.3, 0.4) is 0 Å². The van der Waals surface area contributed by atoms with Crippen LogP contribution in [0.1, 0.15) is 38.2 Å². The summed E-state index contributed by atoms with van der Waals surface area (Å²) in [5.74, 6) is 1.18. The molecule has 5 nitrogen and oxygen atoms in total. The summed E-state index contributed by atoms with van der Waals surface area (Å²) in [5, 5.41) is 3.00. The summed E-state index contributed by atoms with van der Waals surface area (Å²) in [7, 11) is 3.18. The Bertz CT molecular complexity index is 581. The van der Waals surface area contributed by atoms with Gasteiger partial charge in [0.15, 0.2) is 11.5 Å². The summed E-state index contributed by atoms with van der Waals surface area (Å²) in [6.07, 6.45) is 3.91. The van der Waals surface area contributed by atoms with Gasteiger partial charge >= 0.3 is 0 Å². The molecule has 0 aliphatic heterocycles. The van der Waals surface area contributed by atoms with E-state index in [4.69, 9.17) is 15.2 Å². The van der Waals surface area contributed by atoms with E-state index >= 15 is 0 Å². The van der Waals surface area contributed by atoms with Crippen molar-refractivity contribution in [3.63, 3.8) is 0 Å². The van der Waals surface area contributed by atoms with Crippen molar-refractivity contribution in [1.29, 1.82) is 0 Å². The predicted molar refractivity (Wildman–Crippen MR) is 101 cm³/mol. The highest BCUT2D eigenvalue weighted by Gasteiger charge is 2.37. The van der Waals surface area contributed by atoms with E-state index in [0.717, 1.165) is 35.7 Å². The van der Waals surface area contributed by atoms with Crippen LogP contribution in [0.5, 0.6) is 11.5 Å². The lowest BCUT2D eigenvalue weighted by atomic mass is 9.74. The minimum absolute atomic E-state index is 0. The molecule has 0 radical (unpaired) electrons. The third-order valence-electron chi connectivity index (χ3n) is 4.53. The Kier molecular flexibility index (Phi) is 7.83. The van der Waals surface area contributed by atoms with Crippen molar-refractivity contribution in [2.75, 3.05) is 14.2 Å². The lowest BCUT2D eigenvalue weighted by Crippen LogP contribution is -2.52. The number of hydrogen-bond acceptors (Lipinski definition) is 4. The molecule has 1 saturated carbocycles. The number of rotatable bonds is 5. The van der Waals surface area contributed by atoms with Crippen LogP contribution in [0, 0.1) is 5.92 Å². The highest BCUT2D eigenvalue weighted by molar-refractivity contribution is 9.10. The summed E-state index contributed by atoms with van der Waals surface area (Å²) in [4.78, 5) is 12.5. The van der Waals surface area contributed by atoms with Gasteiger partial charge in [0.1, 0.15) is 0 Å². The van der Waals surface area contributed by atoms with Gasteiger partial charge in [-0.05, 0) is 53.4 Å². The van der Waals surface area contributed by atoms with Crippen LogP contribution in [0.25, 0.3) is 0 Å². The molecule has 1 aromatic rings. The van der Waals surface area contributed by atoms with Crippen LogP contribution in [-0.2, 0) is 11.3 Å². The number of nitrogens with two attached hydrogens (primary N) is 1. The van der Waals surface area contributed by atoms with E-state index in [-0.39, 0.29) is 24.2 Å². The van der Waals surface area contributed by atoms with Gasteiger partial charge in [0.2, 0.25) is 5.91 Å². The minimum atomic E-state index is -0.416. The van der Waals surface area contributed by atoms with Crippen molar-refractivity contribution in [3.8, 4) is 11.5 Å². The third kappa shape index (κ3) is 4.77. The topological polar surface area (TPSA) is 73.6 Å². The fraction of sp³-hybridized carbons (Fsp3) is 0.588. The van der Waals surface area contributed by atoms with E-state index in [0.29, 0.717) is 18.0 Å². The molecular weight excluding hydrogens is 396 g/mol. The zero-order chi connectivity index (χ0) is 17.0. The first-order valence-corrected chi connectivity index (χ1v) is 8.65. The Hall–Kier alpha value is -0.980. The highest BCUT2D eigenvalue weighted by Crippen LogP contribution is 2.36. The molecule has 0 bridgehead atoms. The van der Waals surface area contributed by atoms with Crippen LogP contribution in [0.2, 0.25) is 0 Å². The van der Waals surface area contributed by atoms with Gasteiger partial charge in [0.25, 0.3) is 0 Å². The lowest BCUT2D eigenvalue weighted by molar-refractivity contribution is -0.128. The van der Waals surface area contributed by atoms with Gasteiger partial charge in [-0.25, -0.2) is 0 Å². The van der Waals surface area contributed by atoms with Gasteiger partial charge < -0.3 is 20.5 Å². The van der Waals surface area contributed by atoms with Crippen molar-refractivity contribution in [2.45, 2.75) is 44.7 Å². The number of nitrogens with one attached hydrogen (secondary N) is 1. The lowest BCUT2D eigenvalue weighted by Gasteiger charge is -2.37. The van der Waals surface area contributed by atoms with Gasteiger partial charge in [-0.15, -0.1) is 12.4 Å². The normalized spacial score (nSPS) is 23.1. The second-order valence-electron chi connectivity index (χ2n) is 6.34. The quantitative estimate of drug-likeness (QED) is 0.764. The maximum atomic E-state index is 12.5. The Morgan fingerprint density at radius 1 is 1.38 bits per heavy atom. The molecule has 1 aliphatic carbocycles. The maximum Gasteiger partial charge on any atom is 0.225 e. The van der Waals surface area contributed by atoms with Crippen molar-refractivity contribution in [1.82, 2.24) is 5.32 Å². The summed E-state index contributed by atoms with van der Waals surface area (Å²) < 4.78 is 11.4. The zero-order valence-electron chi connectivity index (χ0n) is 14.4. The molecule has 1 aliphatic rings. The van der Waals surface area contributed by atoms with Crippen molar-refractivity contribution < 1.29 is 14.3 Å². The average Bonchev–Trinajstić information content (AvgIpc) is 2.51. The molecule has 2 atom stereocenters. The number of halogens is 2. The molecule has 136 valence electrons. The first-order chi connectivity index (χ1) is 10.9. The number of hydrogen-bond donors (Lipinski definition) is 2. The van der Waals surface area contributed by atoms with Crippen LogP contribution in [0.4, 0.5) is 0 Å². The molecule has 0 aromatic heterocycles. The van der Waals surface area contributed by atoms with Gasteiger partial charge in [-0.1, -0.05) is 12.8 Å². The number of benzene rings is 1. The zero-order valence-corrected chi connectivity index (χ0v) is 16.8. The number of ether oxygens (including phenoxy) is 2. The fourth-order valence-electron chi connectivity index (χ4n) is 3.17. The molecule has 1 aromatic carbocycles. The van der Waals surface area contributed by atoms with Gasteiger partial charge in [-0.2, -0.15) is 0 Å². The Balaban J connectivity index is 0.00000288. The number of methoxy groups -OCH3 is 2. The summed E-state index contributed by atoms with van der Waals surface area (Å²) in [5.41, 5.74) is 6.82. The smallest absolute Gasteiger partial charge is 0.225 e. The molecule has 7 heteroatoms. The van der Waals surface area contributed by atoms with E-state index in [2.05, 4.69) is 21.2 Å². The molecule has 1 fully saturated rings. The Morgan fingerprint density at radius 2 is 2.08 bits per heavy atom. The average molecular weight is 422 g/mol. The van der Waals surface area contributed by atoms with E-state index in [1.807, 2.05) is 19.1 Å². The van der Waals surface area contributed by atoms with Crippen LogP contribution < -0.4 is 20.5 Å². The summed E-state index contributed by atoms with van der Waals surface area (Å²) in [6, 6.07) is 3.79. The Morgan fingerprint density at radius 3 is 2.67 bits per heavy atom. The van der Waals surface area contributed by atoms with E-state index < -0.39 is 5.54 Å². The molecule has 2 unspecified atom stereocenters. The van der Waals surface area contributed by atoms with E-state index in [9.17, 15) is 4.79 Å². The number of carbonyl (C=O) groups is 1. The first kappa shape index (κ1) is 21.1. The molecule has 2 rings (SSSR count). The summed E-state index contributed by atoms with van der Waals surface area (Å²) in [6.45, 7) is 2.41. The molecule has 0 heterocycles. The number of carbonyl (C=O) groups excluding carboxylic acids is 1. The molecule has 3 N–H and O–H groups in total. The third-order valence-corrected chi connectivity index (χ3v) is 5.12. The van der Waals surface area contributed by atoms with Gasteiger partial charge in [0.05, 0.1) is 24.6 Å². The van der Waals surface area contributed by atoms with Crippen molar-refractivity contribution >= 4 is 34.2 Å². The second-order valence-corrected chi connectivity index (χ2v) is 7.19. The van der Waals surface area contributed by atoms with Crippen molar-refractivity contribution in [3.05, 3.63) is 22.2 Å². The molecule has 0 spiro atoms. The largest absolute Gasteiger partial charge is 0.493 e. The van der Waals surface area contributed by atoms with Crippen molar-refractivity contribution in [2.24, 2.45) is 11.7 Å². The standard InChI is InChI=1S/C17H25BrN2O3.ClH/c1-17(19)7-5-4-6-12(17)16(21)20-10-11-8-13(18)15(23-3)14(9-11)22-2;/h8-9,12H,4-7,10,19H2,1-3H3,(H,20,21);1H. The van der Waals surface area contributed by atoms with Crippen LogP contribution >= 0.6 is 28.3 Å². The first-order valence-electron chi connectivity index (χ1n) is 7.86. The fourth-order valence-corrected chi connectivity index (χ4v) is 3.83. The SMILES string of the molecule is COc1cc(CNC(=O)C2CCCCC2(C)N)cc(Br)c1OC.Cl. The van der Waals surface area contributed by atoms with Crippen LogP contribution in [-0.4, -0.2) is 25.7 Å². The maximum absolute atomic E-state index is 12.5. The van der Waals surface area contributed by atoms with Gasteiger partial charge in [-0.3, -0.25) is 4.79 Å². The molecular formula is C17H26BrClN2O3. The summed E-state index contributed by atoms with van der Waals surface area (Å²) >= 11 is 3.46. The second kappa shape index (κ2) is 8.92. The predicted octanol–water partition coefficient (Wildman–Crippen LogP) is 3.41. The number of amides is 1. The molecule has 0 saturated heterocycles. The van der Waals surface area contributed by atoms with Gasteiger partial charge in [0, 0.05) is 12.1 Å².